The first-order valence-corrected chi connectivity index (χ1v) is 5.54. The second-order valence-electron chi connectivity index (χ2n) is 4.05. The van der Waals surface area contributed by atoms with Crippen LogP contribution in [0.5, 0.6) is 0 Å². The highest BCUT2D eigenvalue weighted by molar-refractivity contribution is 5.80. The van der Waals surface area contributed by atoms with Crippen molar-refractivity contribution in [2.24, 2.45) is 0 Å². The Morgan fingerprint density at radius 2 is 1.76 bits per heavy atom. The van der Waals surface area contributed by atoms with Crippen molar-refractivity contribution in [3.8, 4) is 11.6 Å². The van der Waals surface area contributed by atoms with E-state index in [4.69, 9.17) is 4.42 Å². The molecule has 2 aromatic heterocycles. The lowest BCUT2D eigenvalue weighted by Crippen LogP contribution is -1.85. The van der Waals surface area contributed by atoms with E-state index in [0.29, 0.717) is 5.89 Å². The van der Waals surface area contributed by atoms with Gasteiger partial charge in [0.25, 0.3) is 0 Å². The molecule has 0 amide bonds. The summed E-state index contributed by atoms with van der Waals surface area (Å²) in [5.74, 6) is 1.43. The van der Waals surface area contributed by atoms with Gasteiger partial charge in [0.05, 0.1) is 11.2 Å². The van der Waals surface area contributed by atoms with E-state index in [2.05, 4.69) is 9.97 Å². The molecule has 0 N–H and O–H groups in total. The molecule has 84 valence electrons. The van der Waals surface area contributed by atoms with Crippen LogP contribution in [0.3, 0.4) is 0 Å². The lowest BCUT2D eigenvalue weighted by Gasteiger charge is -1.98. The van der Waals surface area contributed by atoms with Crippen molar-refractivity contribution in [3.05, 3.63) is 47.9 Å². The van der Waals surface area contributed by atoms with E-state index in [1.165, 1.54) is 0 Å². The second kappa shape index (κ2) is 3.70. The van der Waals surface area contributed by atoms with Crippen molar-refractivity contribution in [3.63, 3.8) is 0 Å². The molecule has 0 atom stereocenters. The normalized spacial score (nSPS) is 10.9. The molecule has 3 aromatic rings. The highest BCUT2D eigenvalue weighted by atomic mass is 16.4. The Kier molecular flexibility index (Phi) is 2.18. The van der Waals surface area contributed by atoms with Crippen LogP contribution < -0.4 is 0 Å². The summed E-state index contributed by atoms with van der Waals surface area (Å²) in [4.78, 5) is 8.90. The highest BCUT2D eigenvalue weighted by Crippen LogP contribution is 2.22. The summed E-state index contributed by atoms with van der Waals surface area (Å²) in [5, 5.41) is 1.12. The van der Waals surface area contributed by atoms with E-state index in [0.717, 1.165) is 28.1 Å². The maximum Gasteiger partial charge on any atom is 0.245 e. The lowest BCUT2D eigenvalue weighted by atomic mass is 10.2. The van der Waals surface area contributed by atoms with Crippen molar-refractivity contribution in [1.82, 2.24) is 9.97 Å². The number of fused-ring (bicyclic) bond motifs is 1. The topological polar surface area (TPSA) is 38.9 Å². The summed E-state index contributed by atoms with van der Waals surface area (Å²) in [5.41, 5.74) is 2.65. The molecule has 0 fully saturated rings. The van der Waals surface area contributed by atoms with E-state index >= 15 is 0 Å². The Bertz CT molecular complexity index is 666. The fraction of sp³-hybridized carbons (Fsp3) is 0.143. The van der Waals surface area contributed by atoms with Crippen LogP contribution in [0.15, 0.2) is 40.8 Å². The van der Waals surface area contributed by atoms with E-state index in [9.17, 15) is 0 Å². The van der Waals surface area contributed by atoms with Gasteiger partial charge in [-0.3, -0.25) is 0 Å². The van der Waals surface area contributed by atoms with Gasteiger partial charge in [0.1, 0.15) is 11.5 Å². The Labute approximate surface area is 99.1 Å². The van der Waals surface area contributed by atoms with Crippen molar-refractivity contribution < 1.29 is 4.42 Å². The zero-order chi connectivity index (χ0) is 11.8. The SMILES string of the molecule is Cc1nc(-c2ccc3ccccc3n2)oc1C. The third kappa shape index (κ3) is 1.69. The van der Waals surface area contributed by atoms with Crippen LogP contribution in [-0.4, -0.2) is 9.97 Å². The van der Waals surface area contributed by atoms with Crippen LogP contribution in [0.25, 0.3) is 22.5 Å². The van der Waals surface area contributed by atoms with Gasteiger partial charge in [-0.1, -0.05) is 24.3 Å². The van der Waals surface area contributed by atoms with Crippen LogP contribution in [-0.2, 0) is 0 Å². The predicted molar refractivity (Wildman–Crippen MR) is 66.7 cm³/mol. The number of aryl methyl sites for hydroxylation is 2. The number of pyridine rings is 1. The first-order chi connectivity index (χ1) is 8.24. The third-order valence-corrected chi connectivity index (χ3v) is 2.85. The molecular formula is C14H12N2O. The largest absolute Gasteiger partial charge is 0.440 e. The summed E-state index contributed by atoms with van der Waals surface area (Å²) in [6, 6.07) is 12.0. The molecular weight excluding hydrogens is 212 g/mol. The maximum absolute atomic E-state index is 5.58. The van der Waals surface area contributed by atoms with Crippen LogP contribution >= 0.6 is 0 Å². The summed E-state index contributed by atoms with van der Waals surface area (Å²) in [6.45, 7) is 3.84. The average Bonchev–Trinajstić information content (AvgIpc) is 2.69. The molecule has 2 heterocycles. The van der Waals surface area contributed by atoms with Gasteiger partial charge in [-0.15, -0.1) is 0 Å². The molecule has 0 saturated carbocycles. The van der Waals surface area contributed by atoms with E-state index < -0.39 is 0 Å². The number of hydrogen-bond acceptors (Lipinski definition) is 3. The smallest absolute Gasteiger partial charge is 0.245 e. The molecule has 0 aliphatic heterocycles. The zero-order valence-corrected chi connectivity index (χ0v) is 9.77. The Balaban J connectivity index is 2.17. The van der Waals surface area contributed by atoms with Crippen LogP contribution in [0.1, 0.15) is 11.5 Å². The summed E-state index contributed by atoms with van der Waals surface area (Å²) in [7, 11) is 0. The fourth-order valence-corrected chi connectivity index (χ4v) is 1.77. The van der Waals surface area contributed by atoms with Crippen molar-refractivity contribution >= 4 is 10.9 Å². The number of hydrogen-bond donors (Lipinski definition) is 0. The minimum absolute atomic E-state index is 0.589. The van der Waals surface area contributed by atoms with Crippen LogP contribution in [0.2, 0.25) is 0 Å². The second-order valence-corrected chi connectivity index (χ2v) is 4.05. The van der Waals surface area contributed by atoms with Crippen molar-refractivity contribution in [1.29, 1.82) is 0 Å². The van der Waals surface area contributed by atoms with Gasteiger partial charge in [0.2, 0.25) is 5.89 Å². The number of benzene rings is 1. The standard InChI is InChI=1S/C14H12N2O/c1-9-10(2)17-14(15-9)13-8-7-11-5-3-4-6-12(11)16-13/h3-8H,1-2H3. The minimum atomic E-state index is 0.589. The molecule has 0 unspecified atom stereocenters. The first kappa shape index (κ1) is 10.0. The molecule has 0 aliphatic carbocycles. The molecule has 3 nitrogen and oxygen atoms in total. The lowest BCUT2D eigenvalue weighted by molar-refractivity contribution is 0.539. The van der Waals surface area contributed by atoms with E-state index in [-0.39, 0.29) is 0 Å². The van der Waals surface area contributed by atoms with E-state index in [1.54, 1.807) is 0 Å². The van der Waals surface area contributed by atoms with Crippen molar-refractivity contribution in [2.75, 3.05) is 0 Å². The average molecular weight is 224 g/mol. The number of para-hydroxylation sites is 1. The molecule has 1 aromatic carbocycles. The fourth-order valence-electron chi connectivity index (χ4n) is 1.77. The Morgan fingerprint density at radius 3 is 2.53 bits per heavy atom. The molecule has 0 aliphatic rings. The Hall–Kier alpha value is -2.16. The molecule has 0 bridgehead atoms. The zero-order valence-electron chi connectivity index (χ0n) is 9.77. The summed E-state index contributed by atoms with van der Waals surface area (Å²) < 4.78 is 5.58. The molecule has 0 saturated heterocycles. The maximum atomic E-state index is 5.58. The van der Waals surface area contributed by atoms with Crippen LogP contribution in [0.4, 0.5) is 0 Å². The predicted octanol–water partition coefficient (Wildman–Crippen LogP) is 3.51. The molecule has 17 heavy (non-hydrogen) atoms. The first-order valence-electron chi connectivity index (χ1n) is 5.54. The van der Waals surface area contributed by atoms with Gasteiger partial charge in [-0.25, -0.2) is 9.97 Å². The quantitative estimate of drug-likeness (QED) is 0.635. The third-order valence-electron chi connectivity index (χ3n) is 2.85. The summed E-state index contributed by atoms with van der Waals surface area (Å²) >= 11 is 0. The van der Waals surface area contributed by atoms with Gasteiger partial charge in [0.15, 0.2) is 0 Å². The number of oxazole rings is 1. The van der Waals surface area contributed by atoms with Gasteiger partial charge < -0.3 is 4.42 Å². The van der Waals surface area contributed by atoms with Gasteiger partial charge >= 0.3 is 0 Å². The Morgan fingerprint density at radius 1 is 0.941 bits per heavy atom. The number of aromatic nitrogens is 2. The van der Waals surface area contributed by atoms with Crippen LogP contribution in [0, 0.1) is 13.8 Å². The monoisotopic (exact) mass is 224 g/mol. The summed E-state index contributed by atoms with van der Waals surface area (Å²) in [6.07, 6.45) is 0. The number of rotatable bonds is 1. The minimum Gasteiger partial charge on any atom is -0.440 e. The van der Waals surface area contributed by atoms with Gasteiger partial charge in [-0.2, -0.15) is 0 Å². The van der Waals surface area contributed by atoms with Crippen molar-refractivity contribution in [2.45, 2.75) is 13.8 Å². The highest BCUT2D eigenvalue weighted by Gasteiger charge is 2.09. The van der Waals surface area contributed by atoms with Gasteiger partial charge in [-0.05, 0) is 26.0 Å². The molecule has 0 spiro atoms. The molecule has 3 heteroatoms. The number of nitrogens with zero attached hydrogens (tertiary/aromatic N) is 2. The molecule has 0 radical (unpaired) electrons. The van der Waals surface area contributed by atoms with Gasteiger partial charge in [0, 0.05) is 5.39 Å². The molecule has 3 rings (SSSR count). The van der Waals surface area contributed by atoms with E-state index in [1.807, 2.05) is 50.2 Å².